The molecule has 1 amide bonds. The summed E-state index contributed by atoms with van der Waals surface area (Å²) in [5, 5.41) is 7.71. The largest absolute Gasteiger partial charge is 0.359 e. The molecule has 1 N–H and O–H groups in total. The maximum atomic E-state index is 13.1. The van der Waals surface area contributed by atoms with Gasteiger partial charge < -0.3 is 10.2 Å². The molecule has 0 aliphatic carbocycles. The molecule has 1 atom stereocenters. The van der Waals surface area contributed by atoms with E-state index in [1.54, 1.807) is 23.3 Å². The first-order chi connectivity index (χ1) is 11.7. The number of rotatable bonds is 3. The number of carbonyl (C=O) groups is 1. The maximum absolute atomic E-state index is 13.1. The number of nitrogens with zero attached hydrogens (tertiary/aromatic N) is 4. The van der Waals surface area contributed by atoms with Crippen LogP contribution in [0.1, 0.15) is 27.8 Å². The van der Waals surface area contributed by atoms with Crippen molar-refractivity contribution in [1.29, 1.82) is 0 Å². The molecule has 6 heteroatoms. The maximum Gasteiger partial charge on any atom is 0.258 e. The molecule has 0 radical (unpaired) electrons. The second-order valence-electron chi connectivity index (χ2n) is 5.77. The normalized spacial score (nSPS) is 16.6. The Kier molecular flexibility index (Phi) is 3.49. The van der Waals surface area contributed by atoms with Crippen LogP contribution in [0.4, 0.5) is 5.69 Å². The minimum atomic E-state index is -0.278. The van der Waals surface area contributed by atoms with Crippen LogP contribution >= 0.6 is 0 Å². The van der Waals surface area contributed by atoms with Crippen molar-refractivity contribution in [3.63, 3.8) is 0 Å². The molecule has 0 saturated heterocycles. The van der Waals surface area contributed by atoms with Gasteiger partial charge in [0, 0.05) is 37.9 Å². The molecule has 3 heterocycles. The van der Waals surface area contributed by atoms with E-state index in [0.717, 1.165) is 16.9 Å². The zero-order valence-corrected chi connectivity index (χ0v) is 13.3. The van der Waals surface area contributed by atoms with E-state index in [1.807, 2.05) is 54.4 Å². The quantitative estimate of drug-likeness (QED) is 0.806. The van der Waals surface area contributed by atoms with Gasteiger partial charge in [0.05, 0.1) is 11.3 Å². The van der Waals surface area contributed by atoms with Crippen molar-refractivity contribution in [2.24, 2.45) is 7.05 Å². The monoisotopic (exact) mass is 319 g/mol. The standard InChI is InChI=1S/C18H17N5O/c1-22-16(8-10-20-22)17-21-15-7-3-2-6-14(15)18(24)23(17)12-13-5-4-9-19-11-13/h2-11,17,21H,12H2,1H3. The fourth-order valence-electron chi connectivity index (χ4n) is 3.03. The Hall–Kier alpha value is -3.15. The van der Waals surface area contributed by atoms with Gasteiger partial charge in [0.2, 0.25) is 0 Å². The molecule has 24 heavy (non-hydrogen) atoms. The first kappa shape index (κ1) is 14.4. The van der Waals surface area contributed by atoms with Gasteiger partial charge in [-0.15, -0.1) is 0 Å². The summed E-state index contributed by atoms with van der Waals surface area (Å²) in [5.41, 5.74) is 3.44. The number of hydrogen-bond acceptors (Lipinski definition) is 4. The number of nitrogens with one attached hydrogen (secondary N) is 1. The molecular formula is C18H17N5O. The minimum Gasteiger partial charge on any atom is -0.359 e. The van der Waals surface area contributed by atoms with Crippen LogP contribution in [0.25, 0.3) is 0 Å². The third kappa shape index (κ3) is 2.42. The smallest absolute Gasteiger partial charge is 0.258 e. The molecule has 1 aromatic carbocycles. The van der Waals surface area contributed by atoms with Crippen molar-refractivity contribution >= 4 is 11.6 Å². The third-order valence-corrected chi connectivity index (χ3v) is 4.24. The second-order valence-corrected chi connectivity index (χ2v) is 5.77. The highest BCUT2D eigenvalue weighted by atomic mass is 16.2. The summed E-state index contributed by atoms with van der Waals surface area (Å²) >= 11 is 0. The fraction of sp³-hybridized carbons (Fsp3) is 0.167. The summed E-state index contributed by atoms with van der Waals surface area (Å²) in [6.45, 7) is 0.476. The predicted molar refractivity (Wildman–Crippen MR) is 90.1 cm³/mol. The number of benzene rings is 1. The number of aromatic nitrogens is 3. The van der Waals surface area contributed by atoms with Gasteiger partial charge in [0.25, 0.3) is 5.91 Å². The van der Waals surface area contributed by atoms with E-state index in [1.165, 1.54) is 0 Å². The number of hydrogen-bond donors (Lipinski definition) is 1. The average molecular weight is 319 g/mol. The van der Waals surface area contributed by atoms with Crippen molar-refractivity contribution < 1.29 is 4.79 Å². The first-order valence-corrected chi connectivity index (χ1v) is 7.77. The first-order valence-electron chi connectivity index (χ1n) is 7.77. The Balaban J connectivity index is 1.77. The summed E-state index contributed by atoms with van der Waals surface area (Å²) in [7, 11) is 1.88. The topological polar surface area (TPSA) is 63.1 Å². The van der Waals surface area contributed by atoms with E-state index < -0.39 is 0 Å². The van der Waals surface area contributed by atoms with E-state index >= 15 is 0 Å². The van der Waals surface area contributed by atoms with Crippen LogP contribution in [0.3, 0.4) is 0 Å². The lowest BCUT2D eigenvalue weighted by molar-refractivity contribution is 0.0659. The summed E-state index contributed by atoms with van der Waals surface area (Å²) in [4.78, 5) is 19.0. The number of pyridine rings is 1. The third-order valence-electron chi connectivity index (χ3n) is 4.24. The van der Waals surface area contributed by atoms with Crippen molar-refractivity contribution in [2.45, 2.75) is 12.7 Å². The molecule has 1 aliphatic rings. The molecule has 0 spiro atoms. The van der Waals surface area contributed by atoms with Gasteiger partial charge in [-0.1, -0.05) is 18.2 Å². The predicted octanol–water partition coefficient (Wildman–Crippen LogP) is 2.58. The van der Waals surface area contributed by atoms with Gasteiger partial charge in [0.15, 0.2) is 0 Å². The Morgan fingerprint density at radius 2 is 2.00 bits per heavy atom. The Morgan fingerprint density at radius 3 is 2.75 bits per heavy atom. The number of fused-ring (bicyclic) bond motifs is 1. The molecule has 2 aromatic heterocycles. The molecule has 1 aliphatic heterocycles. The Labute approximate surface area is 139 Å². The molecule has 0 saturated carbocycles. The van der Waals surface area contributed by atoms with Gasteiger partial charge in [0.1, 0.15) is 6.17 Å². The lowest BCUT2D eigenvalue weighted by atomic mass is 10.1. The highest BCUT2D eigenvalue weighted by molar-refractivity contribution is 6.01. The van der Waals surface area contributed by atoms with Crippen LogP contribution in [0.15, 0.2) is 61.1 Å². The molecule has 1 unspecified atom stereocenters. The van der Waals surface area contributed by atoms with Crippen LogP contribution in [0.2, 0.25) is 0 Å². The highest BCUT2D eigenvalue weighted by Gasteiger charge is 2.34. The number of aryl methyl sites for hydroxylation is 1. The Bertz CT molecular complexity index is 874. The van der Waals surface area contributed by atoms with E-state index in [4.69, 9.17) is 0 Å². The van der Waals surface area contributed by atoms with Crippen molar-refractivity contribution in [1.82, 2.24) is 19.7 Å². The van der Waals surface area contributed by atoms with Crippen LogP contribution in [-0.4, -0.2) is 25.6 Å². The van der Waals surface area contributed by atoms with Gasteiger partial charge in [-0.3, -0.25) is 14.5 Å². The molecule has 6 nitrogen and oxygen atoms in total. The molecule has 0 bridgehead atoms. The number of para-hydroxylation sites is 1. The van der Waals surface area contributed by atoms with Crippen LogP contribution in [-0.2, 0) is 13.6 Å². The molecule has 4 rings (SSSR count). The van der Waals surface area contributed by atoms with Crippen LogP contribution < -0.4 is 5.32 Å². The fourth-order valence-corrected chi connectivity index (χ4v) is 3.03. The number of carbonyl (C=O) groups excluding carboxylic acids is 1. The van der Waals surface area contributed by atoms with E-state index in [-0.39, 0.29) is 12.1 Å². The second kappa shape index (κ2) is 5.81. The van der Waals surface area contributed by atoms with E-state index in [2.05, 4.69) is 15.4 Å². The zero-order chi connectivity index (χ0) is 16.5. The summed E-state index contributed by atoms with van der Waals surface area (Å²) in [6, 6.07) is 13.4. The van der Waals surface area contributed by atoms with Crippen molar-refractivity contribution in [2.75, 3.05) is 5.32 Å². The average Bonchev–Trinajstić information content (AvgIpc) is 3.04. The molecular weight excluding hydrogens is 302 g/mol. The highest BCUT2D eigenvalue weighted by Crippen LogP contribution is 2.33. The van der Waals surface area contributed by atoms with Crippen LogP contribution in [0.5, 0.6) is 0 Å². The van der Waals surface area contributed by atoms with Crippen LogP contribution in [0, 0.1) is 0 Å². The van der Waals surface area contributed by atoms with Crippen molar-refractivity contribution in [3.8, 4) is 0 Å². The zero-order valence-electron chi connectivity index (χ0n) is 13.3. The van der Waals surface area contributed by atoms with Gasteiger partial charge in [-0.25, -0.2) is 0 Å². The SMILES string of the molecule is Cn1nccc1C1Nc2ccccc2C(=O)N1Cc1cccnc1. The number of anilines is 1. The molecule has 120 valence electrons. The summed E-state index contributed by atoms with van der Waals surface area (Å²) < 4.78 is 1.79. The number of amides is 1. The van der Waals surface area contributed by atoms with E-state index in [9.17, 15) is 4.79 Å². The molecule has 3 aromatic rings. The Morgan fingerprint density at radius 1 is 1.12 bits per heavy atom. The lowest BCUT2D eigenvalue weighted by Gasteiger charge is -2.37. The van der Waals surface area contributed by atoms with Gasteiger partial charge >= 0.3 is 0 Å². The summed E-state index contributed by atoms with van der Waals surface area (Å²) in [5.74, 6) is -0.000553. The lowest BCUT2D eigenvalue weighted by Crippen LogP contribution is -2.43. The summed E-state index contributed by atoms with van der Waals surface area (Å²) in [6.07, 6.45) is 4.98. The van der Waals surface area contributed by atoms with E-state index in [0.29, 0.717) is 12.1 Å². The minimum absolute atomic E-state index is 0.000553. The van der Waals surface area contributed by atoms with Crippen molar-refractivity contribution in [3.05, 3.63) is 77.9 Å². The molecule has 0 fully saturated rings. The van der Waals surface area contributed by atoms with Gasteiger partial charge in [-0.05, 0) is 29.8 Å². The van der Waals surface area contributed by atoms with Gasteiger partial charge in [-0.2, -0.15) is 5.10 Å².